The van der Waals surface area contributed by atoms with Gasteiger partial charge in [-0.15, -0.1) is 0 Å². The first-order valence-electron chi connectivity index (χ1n) is 6.00. The Morgan fingerprint density at radius 1 is 1.35 bits per heavy atom. The molecule has 98 valence electrons. The van der Waals surface area contributed by atoms with Gasteiger partial charge in [0.1, 0.15) is 5.60 Å². The number of rotatable bonds is 1. The molecule has 1 aliphatic heterocycles. The van der Waals surface area contributed by atoms with E-state index in [1.807, 2.05) is 40.7 Å². The molecule has 0 aromatic rings. The normalized spacial score (nSPS) is 24.7. The quantitative estimate of drug-likeness (QED) is 0.716. The van der Waals surface area contributed by atoms with Gasteiger partial charge in [0, 0.05) is 12.5 Å². The fourth-order valence-corrected chi connectivity index (χ4v) is 1.88. The minimum atomic E-state index is -0.489. The fourth-order valence-electron chi connectivity index (χ4n) is 1.88. The van der Waals surface area contributed by atoms with Crippen molar-refractivity contribution in [3.05, 3.63) is 11.6 Å². The molecule has 2 atom stereocenters. The summed E-state index contributed by atoms with van der Waals surface area (Å²) in [7, 11) is 0. The predicted molar refractivity (Wildman–Crippen MR) is 66.7 cm³/mol. The number of likely N-dealkylation sites (tertiary alicyclic amines) is 1. The van der Waals surface area contributed by atoms with Gasteiger partial charge in [0.25, 0.3) is 0 Å². The van der Waals surface area contributed by atoms with Crippen LogP contribution in [0.4, 0.5) is 4.79 Å². The second-order valence-corrected chi connectivity index (χ2v) is 5.86. The number of β-amino-alcohol motifs (C(OH)–C–C–N with tert-alkyl or cyclic N) is 1. The van der Waals surface area contributed by atoms with Gasteiger partial charge < -0.3 is 14.7 Å². The van der Waals surface area contributed by atoms with Crippen LogP contribution in [0.25, 0.3) is 0 Å². The molecule has 1 rings (SSSR count). The van der Waals surface area contributed by atoms with E-state index in [9.17, 15) is 9.90 Å². The Balaban J connectivity index is 2.60. The number of hydrogen-bond acceptors (Lipinski definition) is 3. The van der Waals surface area contributed by atoms with Crippen molar-refractivity contribution >= 4 is 6.09 Å². The Morgan fingerprint density at radius 2 is 1.94 bits per heavy atom. The van der Waals surface area contributed by atoms with Crippen molar-refractivity contribution in [2.45, 2.75) is 46.3 Å². The molecule has 0 radical (unpaired) electrons. The molecule has 4 nitrogen and oxygen atoms in total. The number of ether oxygens (including phenoxy) is 1. The van der Waals surface area contributed by atoms with Crippen LogP contribution < -0.4 is 0 Å². The minimum Gasteiger partial charge on any atom is -0.444 e. The van der Waals surface area contributed by atoms with Crippen molar-refractivity contribution in [1.82, 2.24) is 4.90 Å². The van der Waals surface area contributed by atoms with Crippen LogP contribution in [0.3, 0.4) is 0 Å². The highest BCUT2D eigenvalue weighted by atomic mass is 16.6. The molecule has 4 heteroatoms. The van der Waals surface area contributed by atoms with Gasteiger partial charge in [-0.25, -0.2) is 4.79 Å². The first-order valence-corrected chi connectivity index (χ1v) is 6.00. The van der Waals surface area contributed by atoms with Gasteiger partial charge in [-0.3, -0.25) is 0 Å². The van der Waals surface area contributed by atoms with Gasteiger partial charge in [-0.1, -0.05) is 11.6 Å². The van der Waals surface area contributed by atoms with Gasteiger partial charge in [-0.2, -0.15) is 0 Å². The molecule has 0 aromatic heterocycles. The molecule has 2 unspecified atom stereocenters. The van der Waals surface area contributed by atoms with Crippen molar-refractivity contribution in [2.24, 2.45) is 5.92 Å². The number of carbonyl (C=O) groups is 1. The molecule has 1 amide bonds. The zero-order chi connectivity index (χ0) is 13.2. The SMILES string of the molecule is CC(C)=CC1CN(C(=O)OC(C)(C)C)CC1O. The second kappa shape index (κ2) is 5.08. The fraction of sp³-hybridized carbons (Fsp3) is 0.769. The largest absolute Gasteiger partial charge is 0.444 e. The van der Waals surface area contributed by atoms with Gasteiger partial charge >= 0.3 is 6.09 Å². The highest BCUT2D eigenvalue weighted by Gasteiger charge is 2.34. The van der Waals surface area contributed by atoms with E-state index < -0.39 is 11.7 Å². The van der Waals surface area contributed by atoms with Gasteiger partial charge in [0.15, 0.2) is 0 Å². The minimum absolute atomic E-state index is 0.0209. The van der Waals surface area contributed by atoms with Crippen molar-refractivity contribution in [2.75, 3.05) is 13.1 Å². The third kappa shape index (κ3) is 4.38. The molecule has 0 saturated carbocycles. The van der Waals surface area contributed by atoms with Gasteiger partial charge in [-0.05, 0) is 34.6 Å². The third-order valence-electron chi connectivity index (χ3n) is 2.53. The first-order chi connectivity index (χ1) is 7.69. The van der Waals surface area contributed by atoms with Crippen LogP contribution in [-0.4, -0.2) is 40.9 Å². The summed E-state index contributed by atoms with van der Waals surface area (Å²) < 4.78 is 5.28. The summed E-state index contributed by atoms with van der Waals surface area (Å²) in [6.07, 6.45) is 1.17. The van der Waals surface area contributed by atoms with E-state index in [-0.39, 0.29) is 12.0 Å². The molecular weight excluding hydrogens is 218 g/mol. The van der Waals surface area contributed by atoms with E-state index in [0.29, 0.717) is 13.1 Å². The Labute approximate surface area is 103 Å². The van der Waals surface area contributed by atoms with Crippen LogP contribution in [0, 0.1) is 5.92 Å². The van der Waals surface area contributed by atoms with E-state index in [1.54, 1.807) is 4.90 Å². The van der Waals surface area contributed by atoms with E-state index in [1.165, 1.54) is 0 Å². The molecule has 1 N–H and O–H groups in total. The average Bonchev–Trinajstić information content (AvgIpc) is 2.44. The Bertz CT molecular complexity index is 313. The van der Waals surface area contributed by atoms with Gasteiger partial charge in [0.05, 0.1) is 12.6 Å². The Kier molecular flexibility index (Phi) is 4.20. The molecule has 17 heavy (non-hydrogen) atoms. The summed E-state index contributed by atoms with van der Waals surface area (Å²) in [5.41, 5.74) is 0.663. The first kappa shape index (κ1) is 14.0. The lowest BCUT2D eigenvalue weighted by atomic mass is 10.0. The second-order valence-electron chi connectivity index (χ2n) is 5.86. The summed E-state index contributed by atoms with van der Waals surface area (Å²) in [4.78, 5) is 13.4. The van der Waals surface area contributed by atoms with Crippen LogP contribution in [0.2, 0.25) is 0 Å². The third-order valence-corrected chi connectivity index (χ3v) is 2.53. The zero-order valence-electron chi connectivity index (χ0n) is 11.4. The topological polar surface area (TPSA) is 49.8 Å². The highest BCUT2D eigenvalue weighted by molar-refractivity contribution is 5.68. The lowest BCUT2D eigenvalue weighted by Crippen LogP contribution is -2.35. The van der Waals surface area contributed by atoms with E-state index in [0.717, 1.165) is 5.57 Å². The monoisotopic (exact) mass is 241 g/mol. The van der Waals surface area contributed by atoms with Crippen LogP contribution in [-0.2, 0) is 4.74 Å². The maximum Gasteiger partial charge on any atom is 0.410 e. The molecule has 1 saturated heterocycles. The lowest BCUT2D eigenvalue weighted by molar-refractivity contribution is 0.0270. The highest BCUT2D eigenvalue weighted by Crippen LogP contribution is 2.22. The van der Waals surface area contributed by atoms with Crippen molar-refractivity contribution in [1.29, 1.82) is 0 Å². The molecule has 0 aromatic carbocycles. The average molecular weight is 241 g/mol. The summed E-state index contributed by atoms with van der Waals surface area (Å²) in [5.74, 6) is 0.0209. The maximum absolute atomic E-state index is 11.8. The van der Waals surface area contributed by atoms with Crippen LogP contribution in [0.5, 0.6) is 0 Å². The molecule has 1 heterocycles. The summed E-state index contributed by atoms with van der Waals surface area (Å²) >= 11 is 0. The number of nitrogens with zero attached hydrogens (tertiary/aromatic N) is 1. The van der Waals surface area contributed by atoms with E-state index in [2.05, 4.69) is 0 Å². The molecule has 1 fully saturated rings. The van der Waals surface area contributed by atoms with Crippen molar-refractivity contribution in [3.8, 4) is 0 Å². The molecular formula is C13H23NO3. The van der Waals surface area contributed by atoms with Crippen LogP contribution >= 0.6 is 0 Å². The number of allylic oxidation sites excluding steroid dienone is 1. The van der Waals surface area contributed by atoms with Crippen LogP contribution in [0.1, 0.15) is 34.6 Å². The van der Waals surface area contributed by atoms with Gasteiger partial charge in [0.2, 0.25) is 0 Å². The number of aliphatic hydroxyl groups excluding tert-OH is 1. The molecule has 0 bridgehead atoms. The van der Waals surface area contributed by atoms with Crippen LogP contribution in [0.15, 0.2) is 11.6 Å². The zero-order valence-corrected chi connectivity index (χ0v) is 11.4. The Hall–Kier alpha value is -1.03. The van der Waals surface area contributed by atoms with E-state index in [4.69, 9.17) is 4.74 Å². The number of carbonyl (C=O) groups excluding carboxylic acids is 1. The standard InChI is InChI=1S/C13H23NO3/c1-9(2)6-10-7-14(8-11(10)15)12(16)17-13(3,4)5/h6,10-11,15H,7-8H2,1-5H3. The lowest BCUT2D eigenvalue weighted by Gasteiger charge is -2.24. The smallest absolute Gasteiger partial charge is 0.410 e. The van der Waals surface area contributed by atoms with Crippen molar-refractivity contribution < 1.29 is 14.6 Å². The number of aliphatic hydroxyl groups is 1. The summed E-state index contributed by atoms with van der Waals surface area (Å²) in [6.45, 7) is 10.4. The molecule has 0 aliphatic carbocycles. The Morgan fingerprint density at radius 3 is 2.41 bits per heavy atom. The summed E-state index contributed by atoms with van der Waals surface area (Å²) in [5, 5.41) is 9.86. The number of amides is 1. The summed E-state index contributed by atoms with van der Waals surface area (Å²) in [6, 6.07) is 0. The maximum atomic E-state index is 11.8. The molecule has 1 aliphatic rings. The van der Waals surface area contributed by atoms with E-state index >= 15 is 0 Å². The van der Waals surface area contributed by atoms with Crippen molar-refractivity contribution in [3.63, 3.8) is 0 Å². The number of hydrogen-bond donors (Lipinski definition) is 1. The predicted octanol–water partition coefficient (Wildman–Crippen LogP) is 2.18. The molecule has 0 spiro atoms.